The van der Waals surface area contributed by atoms with Gasteiger partial charge in [-0.3, -0.25) is 0 Å². The molecule has 0 fully saturated rings. The van der Waals surface area contributed by atoms with Crippen LogP contribution < -0.4 is 5.73 Å². The van der Waals surface area contributed by atoms with Crippen molar-refractivity contribution in [2.45, 2.75) is 6.92 Å². The molecule has 0 atom stereocenters. The highest BCUT2D eigenvalue weighted by molar-refractivity contribution is 7.18. The number of anilines is 1. The number of nitrogens with zero attached hydrogens (tertiary/aromatic N) is 3. The lowest BCUT2D eigenvalue weighted by Gasteiger charge is -1.93. The fourth-order valence-electron chi connectivity index (χ4n) is 1.04. The minimum Gasteiger partial charge on any atom is -0.375 e. The Kier molecular flexibility index (Phi) is 1.94. The monoisotopic (exact) mass is 192 g/mol. The zero-order valence-electron chi connectivity index (χ0n) is 7.06. The Balaban J connectivity index is 2.53. The molecule has 0 aliphatic heterocycles. The van der Waals surface area contributed by atoms with Gasteiger partial charge in [0.05, 0.1) is 10.6 Å². The summed E-state index contributed by atoms with van der Waals surface area (Å²) in [6, 6.07) is 1.78. The van der Waals surface area contributed by atoms with Gasteiger partial charge in [-0.25, -0.2) is 15.0 Å². The first-order valence-electron chi connectivity index (χ1n) is 3.77. The maximum Gasteiger partial charge on any atom is 0.180 e. The lowest BCUT2D eigenvalue weighted by Crippen LogP contribution is -1.85. The highest BCUT2D eigenvalue weighted by Crippen LogP contribution is 2.27. The van der Waals surface area contributed by atoms with Gasteiger partial charge in [0.2, 0.25) is 0 Å². The molecule has 2 aromatic heterocycles. The summed E-state index contributed by atoms with van der Waals surface area (Å²) < 4.78 is 0. The van der Waals surface area contributed by atoms with Crippen molar-refractivity contribution in [3.8, 4) is 10.7 Å². The fourth-order valence-corrected chi connectivity index (χ4v) is 1.82. The smallest absolute Gasteiger partial charge is 0.180 e. The van der Waals surface area contributed by atoms with Gasteiger partial charge in [0, 0.05) is 12.4 Å². The fraction of sp³-hybridized carbons (Fsp3) is 0.125. The van der Waals surface area contributed by atoms with E-state index in [-0.39, 0.29) is 0 Å². The summed E-state index contributed by atoms with van der Waals surface area (Å²) in [6.07, 6.45) is 3.41. The molecule has 66 valence electrons. The summed E-state index contributed by atoms with van der Waals surface area (Å²) in [5.41, 5.74) is 6.45. The molecule has 0 amide bonds. The SMILES string of the molecule is Cc1nc(N)sc1-c1ncccn1. The highest BCUT2D eigenvalue weighted by Gasteiger charge is 2.09. The lowest BCUT2D eigenvalue weighted by molar-refractivity contribution is 1.16. The predicted octanol–water partition coefficient (Wildman–Crippen LogP) is 1.49. The van der Waals surface area contributed by atoms with E-state index < -0.39 is 0 Å². The van der Waals surface area contributed by atoms with Crippen LogP contribution in [0.4, 0.5) is 5.13 Å². The number of aromatic nitrogens is 3. The Morgan fingerprint density at radius 1 is 1.31 bits per heavy atom. The first kappa shape index (κ1) is 8.12. The van der Waals surface area contributed by atoms with Gasteiger partial charge in [-0.05, 0) is 13.0 Å². The van der Waals surface area contributed by atoms with E-state index in [9.17, 15) is 0 Å². The Morgan fingerprint density at radius 3 is 2.54 bits per heavy atom. The largest absolute Gasteiger partial charge is 0.375 e. The normalized spacial score (nSPS) is 10.2. The number of thiazole rings is 1. The molecule has 4 nitrogen and oxygen atoms in total. The van der Waals surface area contributed by atoms with Crippen LogP contribution in [0.25, 0.3) is 10.7 Å². The van der Waals surface area contributed by atoms with Gasteiger partial charge in [-0.1, -0.05) is 11.3 Å². The standard InChI is InChI=1S/C8H8N4S/c1-5-6(13-8(9)12-5)7-10-3-2-4-11-7/h2-4H,1H3,(H2,9,12). The third-order valence-corrected chi connectivity index (χ3v) is 2.56. The van der Waals surface area contributed by atoms with Crippen molar-refractivity contribution in [3.05, 3.63) is 24.2 Å². The molecule has 2 N–H and O–H groups in total. The minimum atomic E-state index is 0.556. The molecular formula is C8H8N4S. The van der Waals surface area contributed by atoms with E-state index in [0.717, 1.165) is 10.6 Å². The predicted molar refractivity (Wildman–Crippen MR) is 52.3 cm³/mol. The average molecular weight is 192 g/mol. The number of nitrogens with two attached hydrogens (primary N) is 1. The lowest BCUT2D eigenvalue weighted by atomic mass is 10.4. The van der Waals surface area contributed by atoms with Crippen LogP contribution in [0.5, 0.6) is 0 Å². The zero-order valence-corrected chi connectivity index (χ0v) is 7.88. The van der Waals surface area contributed by atoms with Gasteiger partial charge >= 0.3 is 0 Å². The molecular weight excluding hydrogens is 184 g/mol. The van der Waals surface area contributed by atoms with Gasteiger partial charge < -0.3 is 5.73 Å². The van der Waals surface area contributed by atoms with E-state index in [0.29, 0.717) is 11.0 Å². The summed E-state index contributed by atoms with van der Waals surface area (Å²) in [5, 5.41) is 0.556. The Hall–Kier alpha value is -1.49. The van der Waals surface area contributed by atoms with Crippen molar-refractivity contribution >= 4 is 16.5 Å². The van der Waals surface area contributed by atoms with Crippen LogP contribution in [-0.4, -0.2) is 15.0 Å². The van der Waals surface area contributed by atoms with Gasteiger partial charge in [-0.15, -0.1) is 0 Å². The number of rotatable bonds is 1. The Morgan fingerprint density at radius 2 is 2.00 bits per heavy atom. The van der Waals surface area contributed by atoms with E-state index in [2.05, 4.69) is 15.0 Å². The quantitative estimate of drug-likeness (QED) is 0.743. The maximum atomic E-state index is 5.57. The Bertz CT molecular complexity index is 409. The van der Waals surface area contributed by atoms with Crippen LogP contribution in [0.2, 0.25) is 0 Å². The maximum absolute atomic E-state index is 5.57. The third kappa shape index (κ3) is 1.50. The summed E-state index contributed by atoms with van der Waals surface area (Å²) >= 11 is 1.41. The number of nitrogen functional groups attached to an aromatic ring is 1. The molecule has 0 unspecified atom stereocenters. The highest BCUT2D eigenvalue weighted by atomic mass is 32.1. The second-order valence-corrected chi connectivity index (χ2v) is 3.57. The number of hydrogen-bond donors (Lipinski definition) is 1. The summed E-state index contributed by atoms with van der Waals surface area (Å²) in [6.45, 7) is 1.90. The van der Waals surface area contributed by atoms with Gasteiger partial charge in [0.25, 0.3) is 0 Å². The molecule has 0 saturated heterocycles. The molecule has 2 rings (SSSR count). The minimum absolute atomic E-state index is 0.556. The van der Waals surface area contributed by atoms with Gasteiger partial charge in [-0.2, -0.15) is 0 Å². The van der Waals surface area contributed by atoms with E-state index in [1.54, 1.807) is 18.5 Å². The topological polar surface area (TPSA) is 64.7 Å². The number of hydrogen-bond acceptors (Lipinski definition) is 5. The van der Waals surface area contributed by atoms with Crippen LogP contribution in [0, 0.1) is 6.92 Å². The first-order valence-corrected chi connectivity index (χ1v) is 4.59. The molecule has 2 aromatic rings. The first-order chi connectivity index (χ1) is 6.27. The molecule has 0 radical (unpaired) electrons. The second kappa shape index (κ2) is 3.10. The molecule has 5 heteroatoms. The van der Waals surface area contributed by atoms with E-state index in [1.807, 2.05) is 6.92 Å². The third-order valence-electron chi connectivity index (χ3n) is 1.58. The Labute approximate surface area is 79.5 Å². The van der Waals surface area contributed by atoms with Crippen molar-refractivity contribution in [2.24, 2.45) is 0 Å². The molecule has 0 saturated carbocycles. The number of aryl methyl sites for hydroxylation is 1. The summed E-state index contributed by atoms with van der Waals surface area (Å²) in [7, 11) is 0. The van der Waals surface area contributed by atoms with Crippen molar-refractivity contribution in [2.75, 3.05) is 5.73 Å². The van der Waals surface area contributed by atoms with Crippen LogP contribution >= 0.6 is 11.3 Å². The molecule has 0 spiro atoms. The van der Waals surface area contributed by atoms with Crippen molar-refractivity contribution in [1.29, 1.82) is 0 Å². The molecule has 0 bridgehead atoms. The zero-order chi connectivity index (χ0) is 9.26. The van der Waals surface area contributed by atoms with Crippen molar-refractivity contribution in [3.63, 3.8) is 0 Å². The van der Waals surface area contributed by atoms with Gasteiger partial charge in [0.15, 0.2) is 11.0 Å². The average Bonchev–Trinajstić information content (AvgIpc) is 2.47. The van der Waals surface area contributed by atoms with Crippen LogP contribution in [0.3, 0.4) is 0 Å². The van der Waals surface area contributed by atoms with Crippen molar-refractivity contribution < 1.29 is 0 Å². The van der Waals surface area contributed by atoms with Crippen LogP contribution in [0.15, 0.2) is 18.5 Å². The van der Waals surface area contributed by atoms with E-state index >= 15 is 0 Å². The molecule has 2 heterocycles. The molecule has 0 aromatic carbocycles. The summed E-state index contributed by atoms with van der Waals surface area (Å²) in [5.74, 6) is 0.689. The van der Waals surface area contributed by atoms with Crippen LogP contribution in [0.1, 0.15) is 5.69 Å². The van der Waals surface area contributed by atoms with Crippen molar-refractivity contribution in [1.82, 2.24) is 15.0 Å². The second-order valence-electron chi connectivity index (χ2n) is 2.54. The van der Waals surface area contributed by atoms with Gasteiger partial charge in [0.1, 0.15) is 0 Å². The van der Waals surface area contributed by atoms with E-state index in [4.69, 9.17) is 5.73 Å². The van der Waals surface area contributed by atoms with E-state index in [1.165, 1.54) is 11.3 Å². The molecule has 0 aliphatic rings. The molecule has 0 aliphatic carbocycles. The summed E-state index contributed by atoms with van der Waals surface area (Å²) in [4.78, 5) is 13.3. The molecule has 13 heavy (non-hydrogen) atoms. The van der Waals surface area contributed by atoms with Crippen LogP contribution in [-0.2, 0) is 0 Å².